The number of fused-ring (bicyclic) bond motifs is 1. The van der Waals surface area contributed by atoms with Gasteiger partial charge in [0, 0.05) is 12.1 Å². The summed E-state index contributed by atoms with van der Waals surface area (Å²) in [5.41, 5.74) is 0.858. The van der Waals surface area contributed by atoms with Crippen LogP contribution >= 0.6 is 11.3 Å². The summed E-state index contributed by atoms with van der Waals surface area (Å²) in [6.07, 6.45) is 0. The van der Waals surface area contributed by atoms with Crippen LogP contribution in [0.2, 0.25) is 0 Å². The van der Waals surface area contributed by atoms with E-state index < -0.39 is 4.92 Å². The van der Waals surface area contributed by atoms with E-state index in [-0.39, 0.29) is 63.9 Å². The van der Waals surface area contributed by atoms with E-state index in [1.807, 2.05) is 0 Å². The van der Waals surface area contributed by atoms with Crippen LogP contribution in [0, 0.1) is 17.0 Å². The fourth-order valence-electron chi connectivity index (χ4n) is 1.07. The van der Waals surface area contributed by atoms with Crippen molar-refractivity contribution in [2.45, 2.75) is 0 Å². The van der Waals surface area contributed by atoms with Crippen LogP contribution in [0.25, 0.3) is 10.2 Å². The molecule has 0 amide bonds. The first-order chi connectivity index (χ1) is 6.16. The second-order valence-corrected chi connectivity index (χ2v) is 3.63. The Balaban J connectivity index is 0.000000980. The predicted molar refractivity (Wildman–Crippen MR) is 50.7 cm³/mol. The second kappa shape index (κ2) is 4.80. The maximum atomic E-state index is 10.4. The van der Waals surface area contributed by atoms with Gasteiger partial charge in [-0.15, -0.1) is 0 Å². The third-order valence-corrected chi connectivity index (χ3v) is 2.50. The first-order valence-corrected chi connectivity index (χ1v) is 4.35. The van der Waals surface area contributed by atoms with Gasteiger partial charge in [-0.05, 0) is 11.1 Å². The molecule has 0 fully saturated rings. The summed E-state index contributed by atoms with van der Waals surface area (Å²) >= 11 is 1.36. The molecule has 0 aliphatic heterocycles. The number of non-ortho nitro benzene ring substituents is 1. The first-order valence-electron chi connectivity index (χ1n) is 3.54. The van der Waals surface area contributed by atoms with Crippen molar-refractivity contribution in [2.24, 2.45) is 0 Å². The molecule has 0 saturated heterocycles. The largest absolute Gasteiger partial charge is 1.00 e. The minimum absolute atomic E-state index is 0. The zero-order valence-corrected chi connectivity index (χ0v) is 13.3. The van der Waals surface area contributed by atoms with Gasteiger partial charge >= 0.3 is 58.2 Å². The number of nitrogens with zero attached hydrogens (tertiary/aromatic N) is 2. The molecule has 1 aromatic carbocycles. The summed E-state index contributed by atoms with van der Waals surface area (Å²) < 4.78 is 0.805. The maximum Gasteiger partial charge on any atom is 1.00 e. The van der Waals surface area contributed by atoms with Gasteiger partial charge in [-0.25, -0.2) is 0 Å². The topological polar surface area (TPSA) is 56.0 Å². The molecule has 0 aliphatic rings. The summed E-state index contributed by atoms with van der Waals surface area (Å²) in [6.45, 7) is 3.67. The Morgan fingerprint density at radius 1 is 1.50 bits per heavy atom. The molecule has 0 spiro atoms. The molecule has 0 saturated carbocycles. The van der Waals surface area contributed by atoms with Crippen molar-refractivity contribution in [3.8, 4) is 0 Å². The molecule has 0 atom stereocenters. The first kappa shape index (κ1) is 12.3. The molecule has 14 heavy (non-hydrogen) atoms. The normalized spacial score (nSPS) is 9.71. The van der Waals surface area contributed by atoms with Crippen LogP contribution in [-0.4, -0.2) is 9.91 Å². The number of thiazole rings is 1. The van der Waals surface area contributed by atoms with Crippen molar-refractivity contribution >= 4 is 27.2 Å². The van der Waals surface area contributed by atoms with E-state index in [0.29, 0.717) is 5.01 Å². The van der Waals surface area contributed by atoms with Crippen LogP contribution in [0.15, 0.2) is 18.2 Å². The zero-order valence-electron chi connectivity index (χ0n) is 7.56. The number of hydrogen-bond donors (Lipinski definition) is 0. The molecule has 1 heterocycles. The molecule has 0 radical (unpaired) electrons. The monoisotopic (exact) mass is 278 g/mol. The van der Waals surface area contributed by atoms with Gasteiger partial charge in [0.25, 0.3) is 5.69 Å². The summed E-state index contributed by atoms with van der Waals surface area (Å²) in [7, 11) is 0. The molecule has 0 N–H and O–H groups in total. The minimum atomic E-state index is -0.415. The second-order valence-electron chi connectivity index (χ2n) is 2.52. The van der Waals surface area contributed by atoms with Crippen molar-refractivity contribution < 1.29 is 63.1 Å². The molecule has 0 aliphatic carbocycles. The Morgan fingerprint density at radius 3 is 2.86 bits per heavy atom. The Bertz CT molecular complexity index is 483. The van der Waals surface area contributed by atoms with Crippen molar-refractivity contribution in [1.82, 2.24) is 4.98 Å². The van der Waals surface area contributed by atoms with Crippen LogP contribution in [-0.2, 0) is 0 Å². The molecule has 6 heteroatoms. The van der Waals surface area contributed by atoms with E-state index in [9.17, 15) is 10.1 Å². The van der Waals surface area contributed by atoms with Crippen molar-refractivity contribution in [1.29, 1.82) is 0 Å². The number of benzene rings is 1. The predicted octanol–water partition coefficient (Wildman–Crippen LogP) is -0.609. The number of rotatable bonds is 1. The number of aromatic nitrogens is 1. The van der Waals surface area contributed by atoms with Gasteiger partial charge in [0.05, 0.1) is 15.1 Å². The Labute approximate surface area is 133 Å². The van der Waals surface area contributed by atoms with Crippen molar-refractivity contribution in [2.75, 3.05) is 0 Å². The number of nitro benzene ring substituents is 1. The quantitative estimate of drug-likeness (QED) is 0.397. The smallest absolute Gasteiger partial charge is 0.346 e. The van der Waals surface area contributed by atoms with Crippen molar-refractivity contribution in [3.05, 3.63) is 40.2 Å². The van der Waals surface area contributed by atoms with Crippen LogP contribution in [0.1, 0.15) is 5.01 Å². The number of hydrogen-bond acceptors (Lipinski definition) is 4. The molecular formula is C8H5N2O2RbS. The van der Waals surface area contributed by atoms with Gasteiger partial charge < -0.3 is 6.92 Å². The fraction of sp³-hybridized carbons (Fsp3) is 0. The van der Waals surface area contributed by atoms with E-state index in [2.05, 4.69) is 11.9 Å². The van der Waals surface area contributed by atoms with Gasteiger partial charge in [0.1, 0.15) is 0 Å². The van der Waals surface area contributed by atoms with E-state index >= 15 is 0 Å². The standard InChI is InChI=1S/C8H5N2O2S.Rb/c1-5-9-7-3-2-6(10(11)12)4-8(7)13-5;/h2-4H,1H2;/q-1;+1. The molecule has 2 aromatic rings. The van der Waals surface area contributed by atoms with Crippen LogP contribution in [0.3, 0.4) is 0 Å². The summed E-state index contributed by atoms with van der Waals surface area (Å²) in [5, 5.41) is 11.1. The molecule has 0 bridgehead atoms. The van der Waals surface area contributed by atoms with Crippen LogP contribution in [0.4, 0.5) is 5.69 Å². The third-order valence-electron chi connectivity index (χ3n) is 1.63. The minimum Gasteiger partial charge on any atom is -0.346 e. The van der Waals surface area contributed by atoms with E-state index in [1.54, 1.807) is 6.07 Å². The fourth-order valence-corrected chi connectivity index (χ4v) is 1.87. The van der Waals surface area contributed by atoms with Crippen LogP contribution in [0.5, 0.6) is 0 Å². The SMILES string of the molecule is [CH2-]c1nc2ccc([N+](=O)[O-])cc2s1.[Rb+]. The molecular weight excluding hydrogens is 274 g/mol. The Kier molecular flexibility index (Phi) is 4.21. The molecule has 4 nitrogen and oxygen atoms in total. The van der Waals surface area contributed by atoms with Gasteiger partial charge in [-0.1, -0.05) is 0 Å². The van der Waals surface area contributed by atoms with Crippen LogP contribution < -0.4 is 58.2 Å². The van der Waals surface area contributed by atoms with Gasteiger partial charge in [-0.3, -0.25) is 15.1 Å². The van der Waals surface area contributed by atoms with E-state index in [1.165, 1.54) is 23.5 Å². The zero-order chi connectivity index (χ0) is 9.42. The third kappa shape index (κ3) is 2.40. The van der Waals surface area contributed by atoms with Gasteiger partial charge in [0.15, 0.2) is 0 Å². The summed E-state index contributed by atoms with van der Waals surface area (Å²) in [6, 6.07) is 4.60. The maximum absolute atomic E-state index is 10.4. The Hall–Kier alpha value is 0.185. The van der Waals surface area contributed by atoms with E-state index in [4.69, 9.17) is 0 Å². The molecule has 0 unspecified atom stereocenters. The summed E-state index contributed by atoms with van der Waals surface area (Å²) in [5.74, 6) is 0. The van der Waals surface area contributed by atoms with E-state index in [0.717, 1.165) is 10.2 Å². The molecule has 66 valence electrons. The molecule has 2 rings (SSSR count). The summed E-state index contributed by atoms with van der Waals surface area (Å²) in [4.78, 5) is 14.1. The molecule has 1 aromatic heterocycles. The van der Waals surface area contributed by atoms with Gasteiger partial charge in [-0.2, -0.15) is 11.3 Å². The van der Waals surface area contributed by atoms with Gasteiger partial charge in [0.2, 0.25) is 0 Å². The average molecular weight is 279 g/mol. The number of nitro groups is 1. The van der Waals surface area contributed by atoms with Crippen molar-refractivity contribution in [3.63, 3.8) is 0 Å². The Morgan fingerprint density at radius 2 is 2.21 bits per heavy atom. The average Bonchev–Trinajstić information content (AvgIpc) is 2.42.